The van der Waals surface area contributed by atoms with Gasteiger partial charge in [0.05, 0.1) is 11.3 Å². The third-order valence-corrected chi connectivity index (χ3v) is 2.56. The van der Waals surface area contributed by atoms with Gasteiger partial charge in [-0.15, -0.1) is 0 Å². The van der Waals surface area contributed by atoms with Gasteiger partial charge < -0.3 is 0 Å². The fourth-order valence-electron chi connectivity index (χ4n) is 1.58. The standard InChI is InChI=1S/C14H10F2N2/c1-14(15,16)12-4-2-3-11(7-12)13-6-5-10(8-17)9-18-13/h2-7,9H,1H3. The van der Waals surface area contributed by atoms with Crippen LogP contribution < -0.4 is 0 Å². The molecule has 18 heavy (non-hydrogen) atoms. The first-order valence-electron chi connectivity index (χ1n) is 5.35. The monoisotopic (exact) mass is 244 g/mol. The normalized spacial score (nSPS) is 11.0. The fourth-order valence-corrected chi connectivity index (χ4v) is 1.58. The van der Waals surface area contributed by atoms with Gasteiger partial charge in [0.1, 0.15) is 6.07 Å². The SMILES string of the molecule is CC(F)(F)c1cccc(-c2ccc(C#N)cn2)c1. The number of nitriles is 1. The molecule has 1 heterocycles. The van der Waals surface area contributed by atoms with Crippen molar-refractivity contribution in [1.29, 1.82) is 5.26 Å². The van der Waals surface area contributed by atoms with Crippen LogP contribution in [0.3, 0.4) is 0 Å². The molecule has 0 bridgehead atoms. The maximum Gasteiger partial charge on any atom is 0.270 e. The van der Waals surface area contributed by atoms with E-state index >= 15 is 0 Å². The summed E-state index contributed by atoms with van der Waals surface area (Å²) in [6, 6.07) is 11.3. The Kier molecular flexibility index (Phi) is 3.07. The van der Waals surface area contributed by atoms with E-state index in [-0.39, 0.29) is 5.56 Å². The highest BCUT2D eigenvalue weighted by Gasteiger charge is 2.24. The molecular formula is C14H10F2N2. The van der Waals surface area contributed by atoms with E-state index in [2.05, 4.69) is 4.98 Å². The zero-order chi connectivity index (χ0) is 13.2. The Balaban J connectivity index is 2.42. The van der Waals surface area contributed by atoms with Crippen molar-refractivity contribution < 1.29 is 8.78 Å². The zero-order valence-electron chi connectivity index (χ0n) is 9.69. The van der Waals surface area contributed by atoms with Crippen LogP contribution in [-0.4, -0.2) is 4.98 Å². The molecule has 90 valence electrons. The Morgan fingerprint density at radius 3 is 2.56 bits per heavy atom. The van der Waals surface area contributed by atoms with Crippen LogP contribution in [0.4, 0.5) is 8.78 Å². The van der Waals surface area contributed by atoms with Gasteiger partial charge in [0.2, 0.25) is 0 Å². The van der Waals surface area contributed by atoms with Crippen LogP contribution in [0.1, 0.15) is 18.1 Å². The van der Waals surface area contributed by atoms with Crippen LogP contribution in [0.2, 0.25) is 0 Å². The van der Waals surface area contributed by atoms with E-state index in [1.807, 2.05) is 6.07 Å². The Labute approximate surface area is 104 Å². The Hall–Kier alpha value is -2.28. The minimum absolute atomic E-state index is 0.0499. The molecule has 0 radical (unpaired) electrons. The molecule has 2 aromatic rings. The topological polar surface area (TPSA) is 36.7 Å². The predicted molar refractivity (Wildman–Crippen MR) is 64.0 cm³/mol. The molecule has 2 nitrogen and oxygen atoms in total. The first kappa shape index (κ1) is 12.2. The lowest BCUT2D eigenvalue weighted by Gasteiger charge is -2.11. The van der Waals surface area contributed by atoms with Gasteiger partial charge in [-0.3, -0.25) is 4.98 Å². The summed E-state index contributed by atoms with van der Waals surface area (Å²) in [6.45, 7) is 0.859. The molecular weight excluding hydrogens is 234 g/mol. The van der Waals surface area contributed by atoms with E-state index in [0.717, 1.165) is 6.92 Å². The molecule has 0 N–H and O–H groups in total. The van der Waals surface area contributed by atoms with Crippen molar-refractivity contribution in [1.82, 2.24) is 4.98 Å². The number of rotatable bonds is 2. The van der Waals surface area contributed by atoms with E-state index in [1.165, 1.54) is 18.3 Å². The number of alkyl halides is 2. The highest BCUT2D eigenvalue weighted by atomic mass is 19.3. The zero-order valence-corrected chi connectivity index (χ0v) is 9.69. The second-order valence-corrected chi connectivity index (χ2v) is 4.01. The summed E-state index contributed by atoms with van der Waals surface area (Å²) in [7, 11) is 0. The molecule has 0 aliphatic carbocycles. The van der Waals surface area contributed by atoms with Crippen LogP contribution in [-0.2, 0) is 5.92 Å². The molecule has 0 saturated heterocycles. The highest BCUT2D eigenvalue weighted by Crippen LogP contribution is 2.29. The third kappa shape index (κ3) is 2.51. The minimum Gasteiger partial charge on any atom is -0.255 e. The van der Waals surface area contributed by atoms with E-state index in [4.69, 9.17) is 5.26 Å². The third-order valence-electron chi connectivity index (χ3n) is 2.56. The summed E-state index contributed by atoms with van der Waals surface area (Å²) in [5, 5.41) is 8.66. The quantitative estimate of drug-likeness (QED) is 0.807. The lowest BCUT2D eigenvalue weighted by atomic mass is 10.0. The molecule has 4 heteroatoms. The molecule has 0 atom stereocenters. The number of aromatic nitrogens is 1. The Bertz CT molecular complexity index is 592. The van der Waals surface area contributed by atoms with Gasteiger partial charge >= 0.3 is 0 Å². The smallest absolute Gasteiger partial charge is 0.255 e. The van der Waals surface area contributed by atoms with Crippen molar-refractivity contribution in [2.24, 2.45) is 0 Å². The van der Waals surface area contributed by atoms with Gasteiger partial charge in [-0.05, 0) is 18.2 Å². The molecule has 1 aromatic heterocycles. The Morgan fingerprint density at radius 2 is 2.00 bits per heavy atom. The van der Waals surface area contributed by atoms with Gasteiger partial charge in [-0.25, -0.2) is 8.78 Å². The van der Waals surface area contributed by atoms with Gasteiger partial charge in [0.15, 0.2) is 0 Å². The second kappa shape index (κ2) is 4.53. The van der Waals surface area contributed by atoms with Crippen LogP contribution in [0.25, 0.3) is 11.3 Å². The van der Waals surface area contributed by atoms with Crippen LogP contribution in [0, 0.1) is 11.3 Å². The maximum absolute atomic E-state index is 13.2. The number of nitrogens with zero attached hydrogens (tertiary/aromatic N) is 2. The van der Waals surface area contributed by atoms with Gasteiger partial charge in [0, 0.05) is 24.2 Å². The number of pyridine rings is 1. The van der Waals surface area contributed by atoms with Crippen molar-refractivity contribution in [2.45, 2.75) is 12.8 Å². The Morgan fingerprint density at radius 1 is 1.22 bits per heavy atom. The number of hydrogen-bond donors (Lipinski definition) is 0. The predicted octanol–water partition coefficient (Wildman–Crippen LogP) is 3.73. The molecule has 0 spiro atoms. The average Bonchev–Trinajstić information content (AvgIpc) is 2.38. The molecule has 2 rings (SSSR count). The van der Waals surface area contributed by atoms with Crippen LogP contribution >= 0.6 is 0 Å². The van der Waals surface area contributed by atoms with Gasteiger partial charge in [0.25, 0.3) is 5.92 Å². The highest BCUT2D eigenvalue weighted by molar-refractivity contribution is 5.60. The van der Waals surface area contributed by atoms with E-state index < -0.39 is 5.92 Å². The summed E-state index contributed by atoms with van der Waals surface area (Å²) < 4.78 is 26.4. The molecule has 0 unspecified atom stereocenters. The van der Waals surface area contributed by atoms with Crippen molar-refractivity contribution in [2.75, 3.05) is 0 Å². The average molecular weight is 244 g/mol. The summed E-state index contributed by atoms with van der Waals surface area (Å²) in [6.07, 6.45) is 1.42. The summed E-state index contributed by atoms with van der Waals surface area (Å²) in [5.74, 6) is -2.87. The lowest BCUT2D eigenvalue weighted by Crippen LogP contribution is -2.06. The lowest BCUT2D eigenvalue weighted by molar-refractivity contribution is 0.0175. The molecule has 0 aliphatic rings. The number of hydrogen-bond acceptors (Lipinski definition) is 2. The molecule has 0 saturated carbocycles. The largest absolute Gasteiger partial charge is 0.270 e. The van der Waals surface area contributed by atoms with E-state index in [0.29, 0.717) is 16.8 Å². The number of benzene rings is 1. The van der Waals surface area contributed by atoms with Crippen LogP contribution in [0.15, 0.2) is 42.6 Å². The van der Waals surface area contributed by atoms with Crippen molar-refractivity contribution in [3.8, 4) is 17.3 Å². The molecule has 0 amide bonds. The fraction of sp³-hybridized carbons (Fsp3) is 0.143. The summed E-state index contributed by atoms with van der Waals surface area (Å²) in [5.41, 5.74) is 1.57. The minimum atomic E-state index is -2.87. The first-order valence-corrected chi connectivity index (χ1v) is 5.35. The molecule has 0 aliphatic heterocycles. The first-order chi connectivity index (χ1) is 8.50. The van der Waals surface area contributed by atoms with Crippen molar-refractivity contribution in [3.63, 3.8) is 0 Å². The van der Waals surface area contributed by atoms with Gasteiger partial charge in [-0.2, -0.15) is 5.26 Å². The maximum atomic E-state index is 13.2. The summed E-state index contributed by atoms with van der Waals surface area (Å²) >= 11 is 0. The van der Waals surface area contributed by atoms with E-state index in [9.17, 15) is 8.78 Å². The molecule has 0 fully saturated rings. The summed E-state index contributed by atoms with van der Waals surface area (Å²) in [4.78, 5) is 4.08. The number of halogens is 2. The van der Waals surface area contributed by atoms with Gasteiger partial charge in [-0.1, -0.05) is 18.2 Å². The van der Waals surface area contributed by atoms with Crippen molar-refractivity contribution in [3.05, 3.63) is 53.7 Å². The van der Waals surface area contributed by atoms with E-state index in [1.54, 1.807) is 24.3 Å². The second-order valence-electron chi connectivity index (χ2n) is 4.01. The van der Waals surface area contributed by atoms with Crippen molar-refractivity contribution >= 4 is 0 Å². The molecule has 1 aromatic carbocycles. The van der Waals surface area contributed by atoms with Crippen LogP contribution in [0.5, 0.6) is 0 Å².